The van der Waals surface area contributed by atoms with Crippen LogP contribution in [0.2, 0.25) is 0 Å². The van der Waals surface area contributed by atoms with Gasteiger partial charge in [0, 0.05) is 24.0 Å². The van der Waals surface area contributed by atoms with Crippen LogP contribution in [0.25, 0.3) is 0 Å². The minimum atomic E-state index is -0.326. The van der Waals surface area contributed by atoms with E-state index < -0.39 is 0 Å². The fourth-order valence-corrected chi connectivity index (χ4v) is 3.69. The summed E-state index contributed by atoms with van der Waals surface area (Å²) in [5, 5.41) is 3.86. The van der Waals surface area contributed by atoms with E-state index in [-0.39, 0.29) is 23.9 Å². The molecule has 1 aliphatic heterocycles. The summed E-state index contributed by atoms with van der Waals surface area (Å²) in [5.74, 6) is 0.379. The van der Waals surface area contributed by atoms with E-state index in [9.17, 15) is 9.59 Å². The Labute approximate surface area is 128 Å². The molecule has 5 nitrogen and oxygen atoms in total. The van der Waals surface area contributed by atoms with Crippen LogP contribution in [0.5, 0.6) is 0 Å². The highest BCUT2D eigenvalue weighted by molar-refractivity contribution is 7.11. The van der Waals surface area contributed by atoms with E-state index >= 15 is 0 Å². The van der Waals surface area contributed by atoms with E-state index in [0.717, 1.165) is 24.3 Å². The van der Waals surface area contributed by atoms with Gasteiger partial charge in [-0.2, -0.15) is 0 Å². The van der Waals surface area contributed by atoms with E-state index in [1.807, 2.05) is 18.0 Å². The Morgan fingerprint density at radius 3 is 2.86 bits per heavy atom. The highest BCUT2D eigenvalue weighted by Crippen LogP contribution is 2.36. The van der Waals surface area contributed by atoms with Crippen molar-refractivity contribution in [2.24, 2.45) is 5.92 Å². The van der Waals surface area contributed by atoms with E-state index in [1.54, 1.807) is 11.3 Å². The van der Waals surface area contributed by atoms with Crippen LogP contribution in [-0.4, -0.2) is 34.3 Å². The average Bonchev–Trinajstić information content (AvgIpc) is 3.22. The lowest BCUT2D eigenvalue weighted by atomic mass is 10.1. The Kier molecular flexibility index (Phi) is 3.97. The summed E-state index contributed by atoms with van der Waals surface area (Å²) in [5.41, 5.74) is 0. The predicted octanol–water partition coefficient (Wildman–Crippen LogP) is 1.89. The Bertz CT molecular complexity index is 553. The molecule has 2 heterocycles. The molecule has 2 aliphatic rings. The third kappa shape index (κ3) is 2.95. The van der Waals surface area contributed by atoms with Crippen LogP contribution < -0.4 is 5.32 Å². The van der Waals surface area contributed by atoms with Crippen molar-refractivity contribution in [2.75, 3.05) is 6.54 Å². The van der Waals surface area contributed by atoms with Crippen LogP contribution in [0.4, 0.5) is 0 Å². The summed E-state index contributed by atoms with van der Waals surface area (Å²) in [6.45, 7) is 4.59. The van der Waals surface area contributed by atoms with Crippen LogP contribution in [0, 0.1) is 5.92 Å². The maximum atomic E-state index is 12.8. The van der Waals surface area contributed by atoms with Gasteiger partial charge in [0.2, 0.25) is 11.8 Å². The lowest BCUT2D eigenvalue weighted by Gasteiger charge is -2.28. The summed E-state index contributed by atoms with van der Waals surface area (Å²) in [6.07, 6.45) is 5.31. The molecular formula is C15H21N3O2S. The molecule has 0 spiro atoms. The number of amides is 2. The normalized spacial score (nSPS) is 24.7. The van der Waals surface area contributed by atoms with Crippen LogP contribution in [0.3, 0.4) is 0 Å². The maximum Gasteiger partial charge on any atom is 0.246 e. The number of hydrogen-bond donors (Lipinski definition) is 1. The van der Waals surface area contributed by atoms with Gasteiger partial charge in [-0.15, -0.1) is 11.3 Å². The fraction of sp³-hybridized carbons (Fsp3) is 0.667. The highest BCUT2D eigenvalue weighted by atomic mass is 32.1. The molecule has 2 fully saturated rings. The summed E-state index contributed by atoms with van der Waals surface area (Å²) in [6, 6.07) is -0.384. The molecule has 3 rings (SSSR count). The molecule has 2 unspecified atom stereocenters. The largest absolute Gasteiger partial charge is 0.344 e. The van der Waals surface area contributed by atoms with Crippen LogP contribution >= 0.6 is 11.3 Å². The van der Waals surface area contributed by atoms with Crippen molar-refractivity contribution in [2.45, 2.75) is 51.6 Å². The molecule has 1 saturated heterocycles. The highest BCUT2D eigenvalue weighted by Gasteiger charge is 2.42. The number of carbonyl (C=O) groups is 2. The number of hydrogen-bond acceptors (Lipinski definition) is 4. The van der Waals surface area contributed by atoms with Gasteiger partial charge in [0.1, 0.15) is 11.0 Å². The first-order chi connectivity index (χ1) is 10.1. The molecule has 1 aromatic heterocycles. The van der Waals surface area contributed by atoms with E-state index in [0.29, 0.717) is 18.9 Å². The Morgan fingerprint density at radius 2 is 2.24 bits per heavy atom. The van der Waals surface area contributed by atoms with Gasteiger partial charge in [-0.1, -0.05) is 6.92 Å². The van der Waals surface area contributed by atoms with Crippen molar-refractivity contribution in [1.82, 2.24) is 15.2 Å². The van der Waals surface area contributed by atoms with Gasteiger partial charge in [0.15, 0.2) is 0 Å². The number of nitrogens with one attached hydrogen (secondary N) is 1. The van der Waals surface area contributed by atoms with Gasteiger partial charge in [-0.05, 0) is 32.1 Å². The van der Waals surface area contributed by atoms with Crippen molar-refractivity contribution >= 4 is 23.2 Å². The molecule has 1 N–H and O–H groups in total. The molecule has 1 saturated carbocycles. The minimum Gasteiger partial charge on any atom is -0.344 e. The molecule has 2 atom stereocenters. The van der Waals surface area contributed by atoms with Gasteiger partial charge in [-0.3, -0.25) is 9.59 Å². The van der Waals surface area contributed by atoms with Crippen molar-refractivity contribution in [3.63, 3.8) is 0 Å². The maximum absolute atomic E-state index is 12.8. The van der Waals surface area contributed by atoms with Crippen molar-refractivity contribution < 1.29 is 9.59 Å². The number of thiazole rings is 1. The molecule has 0 radical (unpaired) electrons. The van der Waals surface area contributed by atoms with Crippen molar-refractivity contribution in [3.8, 4) is 0 Å². The molecule has 2 amide bonds. The lowest BCUT2D eigenvalue weighted by Crippen LogP contribution is -2.46. The fourth-order valence-electron chi connectivity index (χ4n) is 2.76. The first-order valence-corrected chi connectivity index (χ1v) is 8.46. The molecule has 0 bridgehead atoms. The summed E-state index contributed by atoms with van der Waals surface area (Å²) in [7, 11) is 0. The van der Waals surface area contributed by atoms with Crippen LogP contribution in [-0.2, 0) is 16.0 Å². The van der Waals surface area contributed by atoms with E-state index in [2.05, 4.69) is 17.2 Å². The second-order valence-electron chi connectivity index (χ2n) is 5.86. The number of nitrogens with zero attached hydrogens (tertiary/aromatic N) is 2. The molecule has 114 valence electrons. The third-order valence-corrected chi connectivity index (χ3v) is 5.60. The second kappa shape index (κ2) is 5.75. The van der Waals surface area contributed by atoms with E-state index in [1.165, 1.54) is 4.88 Å². The lowest BCUT2D eigenvalue weighted by molar-refractivity contribution is -0.136. The van der Waals surface area contributed by atoms with Gasteiger partial charge >= 0.3 is 0 Å². The van der Waals surface area contributed by atoms with Crippen LogP contribution in [0.1, 0.15) is 49.0 Å². The monoisotopic (exact) mass is 307 g/mol. The van der Waals surface area contributed by atoms with Gasteiger partial charge < -0.3 is 10.2 Å². The number of aromatic nitrogens is 1. The summed E-state index contributed by atoms with van der Waals surface area (Å²) < 4.78 is 0. The Balaban J connectivity index is 1.81. The molecule has 1 aromatic rings. The average molecular weight is 307 g/mol. The van der Waals surface area contributed by atoms with Gasteiger partial charge in [-0.25, -0.2) is 4.98 Å². The zero-order chi connectivity index (χ0) is 15.0. The Hall–Kier alpha value is -1.43. The number of rotatable bonds is 4. The van der Waals surface area contributed by atoms with Crippen molar-refractivity contribution in [3.05, 3.63) is 16.1 Å². The minimum absolute atomic E-state index is 0.0108. The Morgan fingerprint density at radius 1 is 1.48 bits per heavy atom. The summed E-state index contributed by atoms with van der Waals surface area (Å²) in [4.78, 5) is 32.1. The molecule has 1 aliphatic carbocycles. The SMILES string of the molecule is CCc1cnc(C(C)N2CCC(=O)NC(C3CC3)C2=O)s1. The second-order valence-corrected chi connectivity index (χ2v) is 7.01. The topological polar surface area (TPSA) is 62.3 Å². The first kappa shape index (κ1) is 14.5. The van der Waals surface area contributed by atoms with Gasteiger partial charge in [0.05, 0.1) is 6.04 Å². The zero-order valence-corrected chi connectivity index (χ0v) is 13.3. The molecular weight excluding hydrogens is 286 g/mol. The summed E-state index contributed by atoms with van der Waals surface area (Å²) >= 11 is 1.66. The quantitative estimate of drug-likeness (QED) is 0.924. The van der Waals surface area contributed by atoms with Crippen LogP contribution in [0.15, 0.2) is 6.20 Å². The molecule has 0 aromatic carbocycles. The number of carbonyl (C=O) groups excluding carboxylic acids is 2. The number of aryl methyl sites for hydroxylation is 1. The van der Waals surface area contributed by atoms with Gasteiger partial charge in [0.25, 0.3) is 0 Å². The third-order valence-electron chi connectivity index (χ3n) is 4.28. The van der Waals surface area contributed by atoms with E-state index in [4.69, 9.17) is 0 Å². The zero-order valence-electron chi connectivity index (χ0n) is 12.5. The molecule has 6 heteroatoms. The molecule has 21 heavy (non-hydrogen) atoms. The standard InChI is InChI=1S/C15H21N3O2S/c1-3-11-8-16-14(21-11)9(2)18-7-6-12(19)17-13(15(18)20)10-4-5-10/h8-10,13H,3-7H2,1-2H3,(H,17,19). The van der Waals surface area contributed by atoms with Crippen molar-refractivity contribution in [1.29, 1.82) is 0 Å². The predicted molar refractivity (Wildman–Crippen MR) is 80.9 cm³/mol. The first-order valence-electron chi connectivity index (χ1n) is 7.64. The smallest absolute Gasteiger partial charge is 0.246 e.